The minimum atomic E-state index is -0.774. The summed E-state index contributed by atoms with van der Waals surface area (Å²) in [5.41, 5.74) is 0.923. The fourth-order valence-corrected chi connectivity index (χ4v) is 1.90. The molecule has 100 valence electrons. The topological polar surface area (TPSA) is 80.5 Å². The molecule has 1 aromatic heterocycles. The van der Waals surface area contributed by atoms with E-state index in [1.54, 1.807) is 4.68 Å². The number of hydrogen-bond donors (Lipinski definition) is 1. The van der Waals surface area contributed by atoms with Crippen molar-refractivity contribution in [2.24, 2.45) is 0 Å². The molecule has 1 aliphatic heterocycles. The second kappa shape index (κ2) is 6.46. The maximum atomic E-state index is 10.4. The van der Waals surface area contributed by atoms with Crippen LogP contribution in [0.15, 0.2) is 6.20 Å². The Morgan fingerprint density at radius 3 is 2.94 bits per heavy atom. The molecule has 0 amide bonds. The third kappa shape index (κ3) is 4.08. The van der Waals surface area contributed by atoms with Crippen LogP contribution in [-0.4, -0.2) is 57.3 Å². The summed E-state index contributed by atoms with van der Waals surface area (Å²) in [6.45, 7) is 4.77. The number of hydrogen-bond acceptors (Lipinski definition) is 5. The summed E-state index contributed by atoms with van der Waals surface area (Å²) >= 11 is 0. The van der Waals surface area contributed by atoms with Gasteiger partial charge in [-0.15, -0.1) is 5.10 Å². The molecule has 1 aliphatic rings. The minimum Gasteiger partial charge on any atom is -0.481 e. The van der Waals surface area contributed by atoms with Crippen molar-refractivity contribution in [3.63, 3.8) is 0 Å². The van der Waals surface area contributed by atoms with Gasteiger partial charge in [-0.2, -0.15) is 0 Å². The van der Waals surface area contributed by atoms with E-state index in [1.807, 2.05) is 6.20 Å². The largest absolute Gasteiger partial charge is 0.481 e. The second-order valence-electron chi connectivity index (χ2n) is 4.36. The Kier molecular flexibility index (Phi) is 4.66. The Hall–Kier alpha value is -1.47. The first-order chi connectivity index (χ1) is 8.74. The molecule has 2 heterocycles. The number of aromatic nitrogens is 3. The van der Waals surface area contributed by atoms with Crippen molar-refractivity contribution in [3.8, 4) is 0 Å². The van der Waals surface area contributed by atoms with Gasteiger partial charge in [0.1, 0.15) is 0 Å². The number of aryl methyl sites for hydroxylation is 1. The third-order valence-corrected chi connectivity index (χ3v) is 2.85. The fraction of sp³-hybridized carbons (Fsp3) is 0.727. The van der Waals surface area contributed by atoms with Crippen LogP contribution in [0.3, 0.4) is 0 Å². The first kappa shape index (κ1) is 13.0. The van der Waals surface area contributed by atoms with Crippen molar-refractivity contribution < 1.29 is 14.6 Å². The van der Waals surface area contributed by atoms with Crippen molar-refractivity contribution in [2.45, 2.75) is 25.9 Å². The van der Waals surface area contributed by atoms with Gasteiger partial charge >= 0.3 is 5.97 Å². The summed E-state index contributed by atoms with van der Waals surface area (Å²) in [5, 5.41) is 16.6. The molecule has 0 radical (unpaired) electrons. The average molecular weight is 254 g/mol. The third-order valence-electron chi connectivity index (χ3n) is 2.85. The highest BCUT2D eigenvalue weighted by Crippen LogP contribution is 2.04. The lowest BCUT2D eigenvalue weighted by molar-refractivity contribution is -0.137. The lowest BCUT2D eigenvalue weighted by Crippen LogP contribution is -2.35. The number of carbonyl (C=O) groups is 1. The number of nitrogens with zero attached hydrogens (tertiary/aromatic N) is 4. The number of rotatable bonds is 6. The lowest BCUT2D eigenvalue weighted by atomic mass is 10.3. The molecule has 0 aliphatic carbocycles. The predicted octanol–water partition coefficient (Wildman–Crippen LogP) is -0.0249. The lowest BCUT2D eigenvalue weighted by Gasteiger charge is -2.25. The van der Waals surface area contributed by atoms with Gasteiger partial charge in [0, 0.05) is 38.8 Å². The van der Waals surface area contributed by atoms with Gasteiger partial charge in [0.05, 0.1) is 18.9 Å². The van der Waals surface area contributed by atoms with Gasteiger partial charge in [-0.3, -0.25) is 14.4 Å². The molecule has 7 nitrogen and oxygen atoms in total. The smallest absolute Gasteiger partial charge is 0.303 e. The van der Waals surface area contributed by atoms with Gasteiger partial charge in [-0.1, -0.05) is 5.21 Å². The summed E-state index contributed by atoms with van der Waals surface area (Å²) < 4.78 is 6.99. The van der Waals surface area contributed by atoms with Crippen LogP contribution in [-0.2, 0) is 22.6 Å². The molecule has 1 aromatic rings. The average Bonchev–Trinajstić information content (AvgIpc) is 2.78. The van der Waals surface area contributed by atoms with Crippen LogP contribution in [0.5, 0.6) is 0 Å². The predicted molar refractivity (Wildman–Crippen MR) is 63.0 cm³/mol. The summed E-state index contributed by atoms with van der Waals surface area (Å²) in [7, 11) is 0. The van der Waals surface area contributed by atoms with E-state index < -0.39 is 5.97 Å². The van der Waals surface area contributed by atoms with Gasteiger partial charge in [-0.05, 0) is 6.42 Å². The molecule has 0 saturated carbocycles. The number of aliphatic carboxylic acids is 1. The molecule has 2 rings (SSSR count). The fourth-order valence-electron chi connectivity index (χ4n) is 1.90. The molecule has 1 N–H and O–H groups in total. The molecule has 0 atom stereocenters. The Balaban J connectivity index is 1.76. The molecule has 1 fully saturated rings. The van der Waals surface area contributed by atoms with E-state index in [1.165, 1.54) is 0 Å². The highest BCUT2D eigenvalue weighted by Gasteiger charge is 2.12. The van der Waals surface area contributed by atoms with Crippen molar-refractivity contribution >= 4 is 5.97 Å². The normalized spacial score (nSPS) is 16.9. The van der Waals surface area contributed by atoms with Gasteiger partial charge in [0.15, 0.2) is 0 Å². The van der Waals surface area contributed by atoms with E-state index >= 15 is 0 Å². The Bertz CT molecular complexity index is 387. The van der Waals surface area contributed by atoms with Crippen molar-refractivity contribution in [3.05, 3.63) is 11.9 Å². The Morgan fingerprint density at radius 2 is 2.22 bits per heavy atom. The summed E-state index contributed by atoms with van der Waals surface area (Å²) in [4.78, 5) is 12.7. The number of carboxylic acid groups (broad SMARTS) is 1. The van der Waals surface area contributed by atoms with Crippen LogP contribution in [0.2, 0.25) is 0 Å². The van der Waals surface area contributed by atoms with Gasteiger partial charge in [-0.25, -0.2) is 0 Å². The van der Waals surface area contributed by atoms with Crippen LogP contribution < -0.4 is 0 Å². The minimum absolute atomic E-state index is 0.165. The molecule has 0 spiro atoms. The molecule has 0 bridgehead atoms. The van der Waals surface area contributed by atoms with E-state index in [9.17, 15) is 4.79 Å². The van der Waals surface area contributed by atoms with Gasteiger partial charge in [0.2, 0.25) is 0 Å². The maximum absolute atomic E-state index is 10.4. The molecule has 18 heavy (non-hydrogen) atoms. The van der Waals surface area contributed by atoms with Crippen LogP contribution in [0.1, 0.15) is 18.5 Å². The number of ether oxygens (including phenoxy) is 1. The van der Waals surface area contributed by atoms with Gasteiger partial charge in [0.25, 0.3) is 0 Å². The van der Waals surface area contributed by atoms with Crippen molar-refractivity contribution in [1.82, 2.24) is 19.9 Å². The first-order valence-electron chi connectivity index (χ1n) is 6.15. The first-order valence-corrected chi connectivity index (χ1v) is 6.15. The molecule has 0 aromatic carbocycles. The van der Waals surface area contributed by atoms with Crippen LogP contribution in [0, 0.1) is 0 Å². The van der Waals surface area contributed by atoms with Crippen LogP contribution >= 0.6 is 0 Å². The molecule has 7 heteroatoms. The second-order valence-corrected chi connectivity index (χ2v) is 4.36. The quantitative estimate of drug-likeness (QED) is 0.768. The zero-order valence-corrected chi connectivity index (χ0v) is 10.3. The van der Waals surface area contributed by atoms with Crippen LogP contribution in [0.4, 0.5) is 0 Å². The number of morpholine rings is 1. The highest BCUT2D eigenvalue weighted by atomic mass is 16.5. The van der Waals surface area contributed by atoms with E-state index in [-0.39, 0.29) is 6.42 Å². The number of carboxylic acids is 1. The van der Waals surface area contributed by atoms with Gasteiger partial charge < -0.3 is 9.84 Å². The maximum Gasteiger partial charge on any atom is 0.303 e. The Labute approximate surface area is 105 Å². The summed E-state index contributed by atoms with van der Waals surface area (Å²) in [6, 6.07) is 0. The SMILES string of the molecule is O=C(O)CCCn1cc(CN2CCOCC2)nn1. The van der Waals surface area contributed by atoms with E-state index in [2.05, 4.69) is 15.2 Å². The standard InChI is InChI=1S/C11H18N4O3/c16-11(17)2-1-3-15-9-10(12-13-15)8-14-4-6-18-7-5-14/h9H,1-8H2,(H,16,17). The van der Waals surface area contributed by atoms with Crippen LogP contribution in [0.25, 0.3) is 0 Å². The van der Waals surface area contributed by atoms with Crippen molar-refractivity contribution in [2.75, 3.05) is 26.3 Å². The molecular weight excluding hydrogens is 236 g/mol. The molecular formula is C11H18N4O3. The summed E-state index contributed by atoms with van der Waals surface area (Å²) in [5.74, 6) is -0.774. The van der Waals surface area contributed by atoms with E-state index in [0.717, 1.165) is 38.5 Å². The molecule has 0 unspecified atom stereocenters. The van der Waals surface area contributed by atoms with E-state index in [4.69, 9.17) is 9.84 Å². The highest BCUT2D eigenvalue weighted by molar-refractivity contribution is 5.66. The summed E-state index contributed by atoms with van der Waals surface area (Å²) in [6.07, 6.45) is 2.63. The zero-order chi connectivity index (χ0) is 12.8. The monoisotopic (exact) mass is 254 g/mol. The van der Waals surface area contributed by atoms with E-state index in [0.29, 0.717) is 13.0 Å². The zero-order valence-electron chi connectivity index (χ0n) is 10.3. The molecule has 1 saturated heterocycles. The Morgan fingerprint density at radius 1 is 1.44 bits per heavy atom. The van der Waals surface area contributed by atoms with Crippen molar-refractivity contribution in [1.29, 1.82) is 0 Å².